The van der Waals surface area contributed by atoms with Crippen molar-refractivity contribution >= 4 is 44.5 Å². The Morgan fingerprint density at radius 3 is 2.67 bits per heavy atom. The normalized spacial score (nSPS) is 11.3. The van der Waals surface area contributed by atoms with Gasteiger partial charge in [-0.3, -0.25) is 14.2 Å². The molecule has 4 rings (SSSR count). The van der Waals surface area contributed by atoms with E-state index in [1.54, 1.807) is 11.3 Å². The molecular formula is C22H22N4O2S2. The van der Waals surface area contributed by atoms with Gasteiger partial charge in [-0.05, 0) is 49.7 Å². The van der Waals surface area contributed by atoms with Gasteiger partial charge >= 0.3 is 0 Å². The van der Waals surface area contributed by atoms with Crippen LogP contribution in [-0.2, 0) is 17.8 Å². The summed E-state index contributed by atoms with van der Waals surface area (Å²) in [6.45, 7) is 0.893. The minimum atomic E-state index is -0.257. The van der Waals surface area contributed by atoms with Crippen LogP contribution in [0.15, 0.2) is 58.3 Å². The second-order valence-corrected chi connectivity index (χ2v) is 9.09. The van der Waals surface area contributed by atoms with Crippen molar-refractivity contribution in [3.63, 3.8) is 0 Å². The standard InChI is InChI=1S/C22H22N4O2S2/c1-25(2)10-9-15-5-7-16(8-6-15)24-19(27)12-26-14-23-21-20(22(26)28)17(13-30-21)18-4-3-11-29-18/h3-8,11,13-14H,9-10,12H2,1-2H3,(H,24,27). The van der Waals surface area contributed by atoms with Gasteiger partial charge in [0, 0.05) is 28.1 Å². The molecule has 4 aromatic rings. The third-order valence-electron chi connectivity index (χ3n) is 4.75. The number of hydrogen-bond acceptors (Lipinski definition) is 6. The Balaban J connectivity index is 1.49. The van der Waals surface area contributed by atoms with Gasteiger partial charge in [-0.25, -0.2) is 4.98 Å². The number of likely N-dealkylation sites (N-methyl/N-ethyl adjacent to an activating group) is 1. The lowest BCUT2D eigenvalue weighted by molar-refractivity contribution is -0.116. The molecular weight excluding hydrogens is 416 g/mol. The average Bonchev–Trinajstić information content (AvgIpc) is 3.39. The smallest absolute Gasteiger partial charge is 0.263 e. The van der Waals surface area contributed by atoms with Crippen molar-refractivity contribution in [3.8, 4) is 10.4 Å². The van der Waals surface area contributed by atoms with Crippen molar-refractivity contribution in [1.29, 1.82) is 0 Å². The Hall–Kier alpha value is -2.81. The molecule has 0 saturated carbocycles. The van der Waals surface area contributed by atoms with Crippen molar-refractivity contribution in [1.82, 2.24) is 14.5 Å². The van der Waals surface area contributed by atoms with Gasteiger partial charge in [0.2, 0.25) is 5.91 Å². The number of thiophene rings is 2. The molecule has 1 aromatic carbocycles. The van der Waals surface area contributed by atoms with Crippen molar-refractivity contribution in [2.75, 3.05) is 26.0 Å². The lowest BCUT2D eigenvalue weighted by atomic mass is 10.1. The fourth-order valence-corrected chi connectivity index (χ4v) is 4.88. The molecule has 0 aliphatic heterocycles. The van der Waals surface area contributed by atoms with Crippen molar-refractivity contribution in [2.24, 2.45) is 0 Å². The number of aromatic nitrogens is 2. The summed E-state index contributed by atoms with van der Waals surface area (Å²) in [5.74, 6) is -0.257. The minimum Gasteiger partial charge on any atom is -0.325 e. The maximum Gasteiger partial charge on any atom is 0.263 e. The number of hydrogen-bond donors (Lipinski definition) is 1. The molecule has 1 N–H and O–H groups in total. The summed E-state index contributed by atoms with van der Waals surface area (Å²) in [5, 5.41) is 7.36. The molecule has 0 spiro atoms. The van der Waals surface area contributed by atoms with E-state index in [1.807, 2.05) is 61.3 Å². The van der Waals surface area contributed by atoms with Crippen molar-refractivity contribution in [3.05, 3.63) is 69.4 Å². The Labute approximate surface area is 182 Å². The second-order valence-electron chi connectivity index (χ2n) is 7.28. The predicted molar refractivity (Wildman–Crippen MR) is 125 cm³/mol. The number of carbonyl (C=O) groups is 1. The number of fused-ring (bicyclic) bond motifs is 1. The zero-order valence-corrected chi connectivity index (χ0v) is 18.4. The summed E-state index contributed by atoms with van der Waals surface area (Å²) in [7, 11) is 4.09. The highest BCUT2D eigenvalue weighted by atomic mass is 32.1. The molecule has 0 aliphatic carbocycles. The van der Waals surface area contributed by atoms with Crippen LogP contribution in [0.1, 0.15) is 5.56 Å². The van der Waals surface area contributed by atoms with Gasteiger partial charge in [-0.1, -0.05) is 18.2 Å². The van der Waals surface area contributed by atoms with Crippen LogP contribution in [-0.4, -0.2) is 41.0 Å². The summed E-state index contributed by atoms with van der Waals surface area (Å²) in [6.07, 6.45) is 2.40. The lowest BCUT2D eigenvalue weighted by Crippen LogP contribution is -2.27. The van der Waals surface area contributed by atoms with Crippen LogP contribution < -0.4 is 10.9 Å². The first kappa shape index (κ1) is 20.5. The highest BCUT2D eigenvalue weighted by molar-refractivity contribution is 7.18. The molecule has 8 heteroatoms. The molecule has 0 saturated heterocycles. The summed E-state index contributed by atoms with van der Waals surface area (Å²) >= 11 is 3.02. The maximum absolute atomic E-state index is 13.0. The SMILES string of the molecule is CN(C)CCc1ccc(NC(=O)Cn2cnc3scc(-c4cccs4)c3c2=O)cc1. The highest BCUT2D eigenvalue weighted by Gasteiger charge is 2.15. The van der Waals surface area contributed by atoms with E-state index < -0.39 is 0 Å². The van der Waals surface area contributed by atoms with E-state index in [2.05, 4.69) is 15.2 Å². The van der Waals surface area contributed by atoms with Gasteiger partial charge in [0.15, 0.2) is 0 Å². The Kier molecular flexibility index (Phi) is 6.08. The summed E-state index contributed by atoms with van der Waals surface area (Å²) in [5.41, 5.74) is 2.61. The summed E-state index contributed by atoms with van der Waals surface area (Å²) in [4.78, 5) is 33.8. The van der Waals surface area contributed by atoms with Crippen LogP contribution >= 0.6 is 22.7 Å². The quantitative estimate of drug-likeness (QED) is 0.475. The van der Waals surface area contributed by atoms with E-state index in [0.29, 0.717) is 15.9 Å². The Morgan fingerprint density at radius 2 is 1.97 bits per heavy atom. The predicted octanol–water partition coefficient (Wildman–Crippen LogP) is 3.93. The number of rotatable bonds is 7. The first-order valence-corrected chi connectivity index (χ1v) is 11.3. The number of nitrogens with zero attached hydrogens (tertiary/aromatic N) is 3. The van der Waals surface area contributed by atoms with Gasteiger partial charge < -0.3 is 10.2 Å². The van der Waals surface area contributed by atoms with Gasteiger partial charge in [-0.2, -0.15) is 0 Å². The Morgan fingerprint density at radius 1 is 1.17 bits per heavy atom. The number of nitrogens with one attached hydrogen (secondary N) is 1. The number of amides is 1. The van der Waals surface area contributed by atoms with Crippen LogP contribution in [0, 0.1) is 0 Å². The lowest BCUT2D eigenvalue weighted by Gasteiger charge is -2.10. The van der Waals surface area contributed by atoms with Crippen LogP contribution in [0.3, 0.4) is 0 Å². The molecule has 1 amide bonds. The van der Waals surface area contributed by atoms with E-state index in [-0.39, 0.29) is 18.0 Å². The highest BCUT2D eigenvalue weighted by Crippen LogP contribution is 2.33. The first-order valence-electron chi connectivity index (χ1n) is 9.55. The van der Waals surface area contributed by atoms with Gasteiger partial charge in [0.05, 0.1) is 11.7 Å². The zero-order valence-electron chi connectivity index (χ0n) is 16.8. The largest absolute Gasteiger partial charge is 0.325 e. The molecule has 0 atom stereocenters. The molecule has 30 heavy (non-hydrogen) atoms. The monoisotopic (exact) mass is 438 g/mol. The molecule has 154 valence electrons. The molecule has 3 aromatic heterocycles. The molecule has 0 bridgehead atoms. The van der Waals surface area contributed by atoms with Crippen molar-refractivity contribution in [2.45, 2.75) is 13.0 Å². The topological polar surface area (TPSA) is 67.2 Å². The van der Waals surface area contributed by atoms with Gasteiger partial charge in [0.1, 0.15) is 11.4 Å². The molecule has 3 heterocycles. The minimum absolute atomic E-state index is 0.0795. The summed E-state index contributed by atoms with van der Waals surface area (Å²) < 4.78 is 1.37. The second kappa shape index (κ2) is 8.91. The van der Waals surface area contributed by atoms with Crippen molar-refractivity contribution < 1.29 is 4.79 Å². The fourth-order valence-electron chi connectivity index (χ4n) is 3.16. The molecule has 0 radical (unpaired) electrons. The molecule has 0 unspecified atom stereocenters. The van der Waals surface area contributed by atoms with E-state index in [0.717, 1.165) is 23.4 Å². The van der Waals surface area contributed by atoms with Crippen LogP contribution in [0.25, 0.3) is 20.7 Å². The maximum atomic E-state index is 13.0. The van der Waals surface area contributed by atoms with E-state index in [1.165, 1.54) is 27.8 Å². The third kappa shape index (κ3) is 4.51. The van der Waals surface area contributed by atoms with E-state index in [9.17, 15) is 9.59 Å². The number of benzene rings is 1. The van der Waals surface area contributed by atoms with E-state index >= 15 is 0 Å². The van der Waals surface area contributed by atoms with Crippen LogP contribution in [0.4, 0.5) is 5.69 Å². The van der Waals surface area contributed by atoms with E-state index in [4.69, 9.17) is 0 Å². The molecule has 0 fully saturated rings. The molecule has 0 aliphatic rings. The zero-order chi connectivity index (χ0) is 21.1. The number of carbonyl (C=O) groups excluding carboxylic acids is 1. The van der Waals surface area contributed by atoms with Gasteiger partial charge in [0.25, 0.3) is 5.56 Å². The van der Waals surface area contributed by atoms with Gasteiger partial charge in [-0.15, -0.1) is 22.7 Å². The Bertz CT molecular complexity index is 1210. The summed E-state index contributed by atoms with van der Waals surface area (Å²) in [6, 6.07) is 11.7. The van der Waals surface area contributed by atoms with Crippen LogP contribution in [0.5, 0.6) is 0 Å². The average molecular weight is 439 g/mol. The fraction of sp³-hybridized carbons (Fsp3) is 0.227. The van der Waals surface area contributed by atoms with Crippen LogP contribution in [0.2, 0.25) is 0 Å². The third-order valence-corrected chi connectivity index (χ3v) is 6.54. The molecule has 6 nitrogen and oxygen atoms in total. The number of anilines is 1. The first-order chi connectivity index (χ1) is 14.5.